The van der Waals surface area contributed by atoms with E-state index in [4.69, 9.17) is 16.0 Å². The Hall–Kier alpha value is -2.30. The van der Waals surface area contributed by atoms with Gasteiger partial charge in [0.15, 0.2) is 5.76 Å². The molecule has 1 aliphatic heterocycles. The Kier molecular flexibility index (Phi) is 6.45. The van der Waals surface area contributed by atoms with Crippen LogP contribution in [0.1, 0.15) is 59.0 Å². The summed E-state index contributed by atoms with van der Waals surface area (Å²) in [6, 6.07) is 14.3. The SMILES string of the molecule is Cc1ccc([C@@H](CNC(=O)c2oc3ccc(Cl)cc3c2C)N2CCCCCC2)cc1. The number of aryl methyl sites for hydroxylation is 2. The number of benzene rings is 2. The lowest BCUT2D eigenvalue weighted by molar-refractivity contribution is 0.0907. The number of carbonyl (C=O) groups is 1. The maximum Gasteiger partial charge on any atom is 0.287 e. The zero-order valence-electron chi connectivity index (χ0n) is 17.7. The molecule has 4 nitrogen and oxygen atoms in total. The Bertz CT molecular complexity index is 1020. The second-order valence-electron chi connectivity index (χ2n) is 8.28. The lowest BCUT2D eigenvalue weighted by Gasteiger charge is -2.31. The number of furan rings is 1. The van der Waals surface area contributed by atoms with Crippen LogP contribution in [-0.2, 0) is 0 Å². The molecule has 0 saturated carbocycles. The molecule has 1 amide bonds. The fourth-order valence-corrected chi connectivity index (χ4v) is 4.50. The lowest BCUT2D eigenvalue weighted by atomic mass is 10.0. The maximum atomic E-state index is 13.0. The molecule has 1 N–H and O–H groups in total. The molecule has 30 heavy (non-hydrogen) atoms. The molecule has 158 valence electrons. The highest BCUT2D eigenvalue weighted by molar-refractivity contribution is 6.31. The van der Waals surface area contributed by atoms with Gasteiger partial charge in [-0.1, -0.05) is 54.3 Å². The third-order valence-corrected chi connectivity index (χ3v) is 6.34. The highest BCUT2D eigenvalue weighted by atomic mass is 35.5. The summed E-state index contributed by atoms with van der Waals surface area (Å²) in [5.74, 6) is 0.192. The van der Waals surface area contributed by atoms with Gasteiger partial charge < -0.3 is 9.73 Å². The number of amides is 1. The van der Waals surface area contributed by atoms with Crippen LogP contribution in [0.2, 0.25) is 5.02 Å². The van der Waals surface area contributed by atoms with Crippen LogP contribution in [0.15, 0.2) is 46.9 Å². The Morgan fingerprint density at radius 1 is 1.07 bits per heavy atom. The molecule has 5 heteroatoms. The first kappa shape index (κ1) is 21.0. The van der Waals surface area contributed by atoms with E-state index in [1.165, 1.54) is 36.8 Å². The van der Waals surface area contributed by atoms with Crippen molar-refractivity contribution in [1.29, 1.82) is 0 Å². The predicted molar refractivity (Wildman–Crippen MR) is 122 cm³/mol. The Labute approximate surface area is 183 Å². The van der Waals surface area contributed by atoms with E-state index in [1.807, 2.05) is 19.1 Å². The molecule has 4 rings (SSSR count). The molecule has 1 aromatic heterocycles. The minimum Gasteiger partial charge on any atom is -0.451 e. The second kappa shape index (κ2) is 9.23. The largest absolute Gasteiger partial charge is 0.451 e. The fourth-order valence-electron chi connectivity index (χ4n) is 4.33. The monoisotopic (exact) mass is 424 g/mol. The minimum atomic E-state index is -0.174. The van der Waals surface area contributed by atoms with Crippen molar-refractivity contribution >= 4 is 28.5 Å². The zero-order valence-corrected chi connectivity index (χ0v) is 18.5. The molecule has 1 fully saturated rings. The summed E-state index contributed by atoms with van der Waals surface area (Å²) in [6.45, 7) is 6.69. The average molecular weight is 425 g/mol. The van der Waals surface area contributed by atoms with Crippen molar-refractivity contribution in [1.82, 2.24) is 10.2 Å². The van der Waals surface area contributed by atoms with Crippen LogP contribution in [0.3, 0.4) is 0 Å². The minimum absolute atomic E-state index is 0.159. The molecule has 0 spiro atoms. The molecule has 2 heterocycles. The molecule has 0 radical (unpaired) electrons. The summed E-state index contributed by atoms with van der Waals surface area (Å²) in [5.41, 5.74) is 4.00. The van der Waals surface area contributed by atoms with Crippen LogP contribution in [0.25, 0.3) is 11.0 Å². The summed E-state index contributed by atoms with van der Waals surface area (Å²) in [6.07, 6.45) is 4.98. The molecular formula is C25H29ClN2O2. The standard InChI is InChI=1S/C25H29ClN2O2/c1-17-7-9-19(10-8-17)22(28-13-5-3-4-6-14-28)16-27-25(29)24-18(2)21-15-20(26)11-12-23(21)30-24/h7-12,15,22H,3-6,13-14,16H2,1-2H3,(H,27,29)/t22-/m1/s1. The van der Waals surface area contributed by atoms with Gasteiger partial charge in [0.2, 0.25) is 0 Å². The van der Waals surface area contributed by atoms with Crippen molar-refractivity contribution in [3.05, 3.63) is 69.9 Å². The third-order valence-electron chi connectivity index (χ3n) is 6.10. The van der Waals surface area contributed by atoms with Crippen LogP contribution >= 0.6 is 11.6 Å². The van der Waals surface area contributed by atoms with Crippen molar-refractivity contribution in [2.45, 2.75) is 45.6 Å². The lowest BCUT2D eigenvalue weighted by Crippen LogP contribution is -2.38. The first-order valence-electron chi connectivity index (χ1n) is 10.8. The highest BCUT2D eigenvalue weighted by Gasteiger charge is 2.24. The van der Waals surface area contributed by atoms with Gasteiger partial charge in [-0.2, -0.15) is 0 Å². The highest BCUT2D eigenvalue weighted by Crippen LogP contribution is 2.28. The topological polar surface area (TPSA) is 45.5 Å². The van der Waals surface area contributed by atoms with Crippen LogP contribution < -0.4 is 5.32 Å². The van der Waals surface area contributed by atoms with E-state index in [0.717, 1.165) is 24.0 Å². The summed E-state index contributed by atoms with van der Waals surface area (Å²) in [4.78, 5) is 15.5. The summed E-state index contributed by atoms with van der Waals surface area (Å²) < 4.78 is 5.85. The number of halogens is 1. The molecule has 0 bridgehead atoms. The van der Waals surface area contributed by atoms with E-state index >= 15 is 0 Å². The van der Waals surface area contributed by atoms with Crippen LogP contribution in [0.4, 0.5) is 0 Å². The number of nitrogens with one attached hydrogen (secondary N) is 1. The quantitative estimate of drug-likeness (QED) is 0.542. The van der Waals surface area contributed by atoms with E-state index < -0.39 is 0 Å². The number of likely N-dealkylation sites (tertiary alicyclic amines) is 1. The Morgan fingerprint density at radius 2 is 1.77 bits per heavy atom. The van der Waals surface area contributed by atoms with E-state index in [-0.39, 0.29) is 11.9 Å². The van der Waals surface area contributed by atoms with E-state index in [1.54, 1.807) is 6.07 Å². The fraction of sp³-hybridized carbons (Fsp3) is 0.400. The van der Waals surface area contributed by atoms with Gasteiger partial charge in [-0.3, -0.25) is 9.69 Å². The summed E-state index contributed by atoms with van der Waals surface area (Å²) in [7, 11) is 0. The van der Waals surface area contributed by atoms with Crippen molar-refractivity contribution in [2.24, 2.45) is 0 Å². The van der Waals surface area contributed by atoms with Gasteiger partial charge in [0.25, 0.3) is 5.91 Å². The van der Waals surface area contributed by atoms with E-state index in [9.17, 15) is 4.79 Å². The molecule has 1 atom stereocenters. The molecule has 2 aromatic carbocycles. The number of rotatable bonds is 5. The number of nitrogens with zero attached hydrogens (tertiary/aromatic N) is 1. The molecule has 1 saturated heterocycles. The van der Waals surface area contributed by atoms with Gasteiger partial charge in [0.1, 0.15) is 5.58 Å². The van der Waals surface area contributed by atoms with Crippen molar-refractivity contribution in [3.63, 3.8) is 0 Å². The molecular weight excluding hydrogens is 396 g/mol. The van der Waals surface area contributed by atoms with Gasteiger partial charge in [0.05, 0.1) is 6.04 Å². The molecule has 1 aliphatic rings. The first-order valence-corrected chi connectivity index (χ1v) is 11.2. The number of fused-ring (bicyclic) bond motifs is 1. The van der Waals surface area contributed by atoms with Gasteiger partial charge in [-0.25, -0.2) is 0 Å². The number of hydrogen-bond donors (Lipinski definition) is 1. The van der Waals surface area contributed by atoms with Crippen LogP contribution in [0.5, 0.6) is 0 Å². The van der Waals surface area contributed by atoms with Crippen molar-refractivity contribution in [3.8, 4) is 0 Å². The molecule has 0 unspecified atom stereocenters. The van der Waals surface area contributed by atoms with Crippen LogP contribution in [0, 0.1) is 13.8 Å². The average Bonchev–Trinajstić information content (AvgIpc) is 2.91. The number of carbonyl (C=O) groups excluding carboxylic acids is 1. The zero-order chi connectivity index (χ0) is 21.1. The van der Waals surface area contributed by atoms with Crippen LogP contribution in [-0.4, -0.2) is 30.4 Å². The molecule has 3 aromatic rings. The normalized spacial score (nSPS) is 16.4. The van der Waals surface area contributed by atoms with Gasteiger partial charge in [-0.15, -0.1) is 0 Å². The smallest absolute Gasteiger partial charge is 0.287 e. The van der Waals surface area contributed by atoms with Gasteiger partial charge in [-0.05, 0) is 63.5 Å². The van der Waals surface area contributed by atoms with Crippen molar-refractivity contribution < 1.29 is 9.21 Å². The maximum absolute atomic E-state index is 13.0. The predicted octanol–water partition coefficient (Wildman–Crippen LogP) is 6.05. The third kappa shape index (κ3) is 4.55. The van der Waals surface area contributed by atoms with E-state index in [0.29, 0.717) is 22.9 Å². The Balaban J connectivity index is 1.55. The number of hydrogen-bond acceptors (Lipinski definition) is 3. The summed E-state index contributed by atoms with van der Waals surface area (Å²) in [5, 5.41) is 4.66. The van der Waals surface area contributed by atoms with Gasteiger partial charge in [0, 0.05) is 22.5 Å². The summed E-state index contributed by atoms with van der Waals surface area (Å²) >= 11 is 6.11. The second-order valence-corrected chi connectivity index (χ2v) is 8.72. The first-order chi connectivity index (χ1) is 14.5. The molecule has 0 aliphatic carbocycles. The van der Waals surface area contributed by atoms with Gasteiger partial charge >= 0.3 is 0 Å². The van der Waals surface area contributed by atoms with E-state index in [2.05, 4.69) is 41.4 Å². The Morgan fingerprint density at radius 3 is 2.47 bits per heavy atom. The van der Waals surface area contributed by atoms with Crippen molar-refractivity contribution in [2.75, 3.05) is 19.6 Å².